The molecule has 0 aromatic carbocycles. The number of hydrogen-bond donors (Lipinski definition) is 1. The maximum atomic E-state index is 12.4. The number of hydrogen-bond acceptors (Lipinski definition) is 4. The van der Waals surface area contributed by atoms with E-state index in [1.807, 2.05) is 0 Å². The van der Waals surface area contributed by atoms with Crippen LogP contribution < -0.4 is 0 Å². The largest absolute Gasteiger partial charge is 0.452 e. The molecule has 1 amide bonds. The van der Waals surface area contributed by atoms with Gasteiger partial charge in [0.05, 0.1) is 12.6 Å². The topological polar surface area (TPSA) is 66.8 Å². The normalized spacial score (nSPS) is 24.5. The zero-order valence-corrected chi connectivity index (χ0v) is 10.8. The fraction of sp³-hybridized carbons (Fsp3) is 0.818. The second-order valence-electron chi connectivity index (χ2n) is 5.40. The van der Waals surface area contributed by atoms with E-state index < -0.39 is 42.2 Å². The van der Waals surface area contributed by atoms with Gasteiger partial charge >= 0.3 is 12.3 Å². The number of β-amino-alcohol motifs (C(OH)–C–C–N with tert-alkyl or cyclic N) is 1. The van der Waals surface area contributed by atoms with Crippen LogP contribution in [-0.4, -0.2) is 52.4 Å². The maximum Gasteiger partial charge on any atom is 0.452 e. The molecule has 2 atom stereocenters. The summed E-state index contributed by atoms with van der Waals surface area (Å²) in [4.78, 5) is 23.6. The highest BCUT2D eigenvalue weighted by Gasteiger charge is 2.50. The van der Waals surface area contributed by atoms with Crippen molar-refractivity contribution in [3.8, 4) is 0 Å². The van der Waals surface area contributed by atoms with Crippen molar-refractivity contribution in [3.05, 3.63) is 0 Å². The Balaban J connectivity index is 2.86. The van der Waals surface area contributed by atoms with E-state index in [0.29, 0.717) is 4.90 Å². The van der Waals surface area contributed by atoms with Crippen molar-refractivity contribution < 1.29 is 32.6 Å². The number of aliphatic hydroxyl groups excluding tert-OH is 1. The lowest BCUT2D eigenvalue weighted by Gasteiger charge is -2.28. The third-order valence-corrected chi connectivity index (χ3v) is 2.49. The molecule has 19 heavy (non-hydrogen) atoms. The number of alkyl halides is 3. The Bertz CT molecular complexity index is 375. The van der Waals surface area contributed by atoms with E-state index in [2.05, 4.69) is 0 Å². The van der Waals surface area contributed by atoms with Gasteiger partial charge in [0.25, 0.3) is 5.78 Å². The lowest BCUT2D eigenvalue weighted by Crippen LogP contribution is -2.47. The Morgan fingerprint density at radius 3 is 2.21 bits per heavy atom. The minimum absolute atomic E-state index is 0.346. The number of aliphatic hydroxyl groups is 1. The summed E-state index contributed by atoms with van der Waals surface area (Å²) in [6.45, 7) is 4.31. The zero-order chi connectivity index (χ0) is 15.0. The van der Waals surface area contributed by atoms with Gasteiger partial charge in [-0.25, -0.2) is 4.79 Å². The number of halogens is 3. The van der Waals surface area contributed by atoms with Crippen LogP contribution in [0.1, 0.15) is 27.2 Å². The SMILES string of the molecule is CC(C)(C)OC(=O)N1C[C@@H](O)C[C@H]1C(=O)C(F)(F)F. The number of likely N-dealkylation sites (tertiary alicyclic amines) is 1. The van der Waals surface area contributed by atoms with Crippen molar-refractivity contribution in [3.63, 3.8) is 0 Å². The van der Waals surface area contributed by atoms with Gasteiger partial charge in [0.15, 0.2) is 0 Å². The monoisotopic (exact) mass is 283 g/mol. The molecule has 5 nitrogen and oxygen atoms in total. The first-order chi connectivity index (χ1) is 8.42. The van der Waals surface area contributed by atoms with Gasteiger partial charge in [-0.05, 0) is 20.8 Å². The number of carbonyl (C=O) groups excluding carboxylic acids is 2. The lowest BCUT2D eigenvalue weighted by molar-refractivity contribution is -0.175. The molecular weight excluding hydrogens is 267 g/mol. The molecule has 8 heteroatoms. The molecule has 0 saturated carbocycles. The van der Waals surface area contributed by atoms with Gasteiger partial charge in [-0.3, -0.25) is 9.69 Å². The van der Waals surface area contributed by atoms with E-state index in [1.165, 1.54) is 0 Å². The van der Waals surface area contributed by atoms with Crippen LogP contribution in [0.3, 0.4) is 0 Å². The van der Waals surface area contributed by atoms with Gasteiger partial charge in [0.2, 0.25) is 0 Å². The molecule has 0 spiro atoms. The third-order valence-electron chi connectivity index (χ3n) is 2.49. The molecule has 1 aliphatic heterocycles. The summed E-state index contributed by atoms with van der Waals surface area (Å²) in [6.07, 6.45) is -7.68. The van der Waals surface area contributed by atoms with Gasteiger partial charge in [-0.2, -0.15) is 13.2 Å². The van der Waals surface area contributed by atoms with Gasteiger partial charge in [0, 0.05) is 6.42 Å². The van der Waals surface area contributed by atoms with Gasteiger partial charge < -0.3 is 9.84 Å². The first-order valence-electron chi connectivity index (χ1n) is 5.70. The minimum Gasteiger partial charge on any atom is -0.444 e. The summed E-state index contributed by atoms with van der Waals surface area (Å²) in [5.74, 6) is -2.05. The number of amides is 1. The van der Waals surface area contributed by atoms with E-state index in [9.17, 15) is 27.9 Å². The van der Waals surface area contributed by atoms with Crippen LogP contribution in [0.2, 0.25) is 0 Å². The van der Waals surface area contributed by atoms with Crippen molar-refractivity contribution in [2.24, 2.45) is 0 Å². The third kappa shape index (κ3) is 4.09. The molecular formula is C11H16F3NO4. The van der Waals surface area contributed by atoms with E-state index in [1.54, 1.807) is 20.8 Å². The Hall–Kier alpha value is -1.31. The van der Waals surface area contributed by atoms with E-state index in [-0.39, 0.29) is 6.54 Å². The number of nitrogens with zero attached hydrogens (tertiary/aromatic N) is 1. The van der Waals surface area contributed by atoms with Crippen molar-refractivity contribution >= 4 is 11.9 Å². The summed E-state index contributed by atoms with van der Waals surface area (Å²) >= 11 is 0. The fourth-order valence-corrected chi connectivity index (χ4v) is 1.77. The van der Waals surface area contributed by atoms with Crippen LogP contribution in [0.25, 0.3) is 0 Å². The van der Waals surface area contributed by atoms with Gasteiger partial charge in [-0.1, -0.05) is 0 Å². The Kier molecular flexibility index (Phi) is 4.14. The van der Waals surface area contributed by atoms with Crippen LogP contribution >= 0.6 is 0 Å². The number of ketones is 1. The van der Waals surface area contributed by atoms with Crippen LogP contribution in [-0.2, 0) is 9.53 Å². The highest BCUT2D eigenvalue weighted by atomic mass is 19.4. The molecule has 1 N–H and O–H groups in total. The molecule has 1 saturated heterocycles. The predicted octanol–water partition coefficient (Wildman–Crippen LogP) is 1.49. The molecule has 0 aromatic rings. The lowest BCUT2D eigenvalue weighted by atomic mass is 10.1. The molecule has 0 unspecified atom stereocenters. The van der Waals surface area contributed by atoms with E-state index in [0.717, 1.165) is 0 Å². The fourth-order valence-electron chi connectivity index (χ4n) is 1.77. The number of rotatable bonds is 1. The average Bonchev–Trinajstić information content (AvgIpc) is 2.55. The highest BCUT2D eigenvalue weighted by Crippen LogP contribution is 2.28. The van der Waals surface area contributed by atoms with E-state index >= 15 is 0 Å². The zero-order valence-electron chi connectivity index (χ0n) is 10.8. The first-order valence-corrected chi connectivity index (χ1v) is 5.70. The molecule has 0 radical (unpaired) electrons. The second-order valence-corrected chi connectivity index (χ2v) is 5.40. The Morgan fingerprint density at radius 2 is 1.79 bits per heavy atom. The molecule has 1 fully saturated rings. The maximum absolute atomic E-state index is 12.4. The molecule has 110 valence electrons. The average molecular weight is 283 g/mol. The standard InChI is InChI=1S/C11H16F3NO4/c1-10(2,3)19-9(18)15-5-6(16)4-7(15)8(17)11(12,13)14/h6-7,16H,4-5H2,1-3H3/t6-,7-/m0/s1. The van der Waals surface area contributed by atoms with Crippen molar-refractivity contribution in [2.75, 3.05) is 6.54 Å². The number of ether oxygens (including phenoxy) is 1. The van der Waals surface area contributed by atoms with Crippen molar-refractivity contribution in [1.82, 2.24) is 4.90 Å². The summed E-state index contributed by atoms with van der Waals surface area (Å²) in [5, 5.41) is 9.36. The Morgan fingerprint density at radius 1 is 1.26 bits per heavy atom. The van der Waals surface area contributed by atoms with Crippen LogP contribution in [0.5, 0.6) is 0 Å². The molecule has 0 aliphatic carbocycles. The summed E-state index contributed by atoms with van der Waals surface area (Å²) < 4.78 is 42.1. The minimum atomic E-state index is -5.05. The first kappa shape index (κ1) is 15.7. The Labute approximate surface area is 108 Å². The molecule has 0 bridgehead atoms. The molecule has 0 aromatic heterocycles. The number of carbonyl (C=O) groups is 2. The summed E-state index contributed by atoms with van der Waals surface area (Å²) in [5.41, 5.74) is -0.892. The summed E-state index contributed by atoms with van der Waals surface area (Å²) in [6, 6.07) is -1.72. The van der Waals surface area contributed by atoms with Crippen LogP contribution in [0, 0.1) is 0 Å². The smallest absolute Gasteiger partial charge is 0.444 e. The van der Waals surface area contributed by atoms with Crippen molar-refractivity contribution in [2.45, 2.75) is 51.1 Å². The van der Waals surface area contributed by atoms with Crippen molar-refractivity contribution in [1.29, 1.82) is 0 Å². The van der Waals surface area contributed by atoms with E-state index in [4.69, 9.17) is 4.74 Å². The van der Waals surface area contributed by atoms with Crippen LogP contribution in [0.4, 0.5) is 18.0 Å². The predicted molar refractivity (Wildman–Crippen MR) is 58.4 cm³/mol. The van der Waals surface area contributed by atoms with Gasteiger partial charge in [-0.15, -0.1) is 0 Å². The molecule has 1 rings (SSSR count). The molecule has 1 heterocycles. The highest BCUT2D eigenvalue weighted by molar-refractivity contribution is 5.92. The number of Topliss-reactive ketones (excluding diaryl/α,β-unsaturated/α-hetero) is 1. The molecule has 1 aliphatic rings. The second kappa shape index (κ2) is 4.99. The van der Waals surface area contributed by atoms with Gasteiger partial charge in [0.1, 0.15) is 11.6 Å². The quantitative estimate of drug-likeness (QED) is 0.791. The van der Waals surface area contributed by atoms with Crippen LogP contribution in [0.15, 0.2) is 0 Å². The summed E-state index contributed by atoms with van der Waals surface area (Å²) in [7, 11) is 0.